The highest BCUT2D eigenvalue weighted by molar-refractivity contribution is 9.10. The van der Waals surface area contributed by atoms with Crippen LogP contribution in [0.15, 0.2) is 28.7 Å². The fraction of sp³-hybridized carbons (Fsp3) is 0.571. The molecule has 1 aliphatic rings. The highest BCUT2D eigenvalue weighted by Gasteiger charge is 2.11. The Labute approximate surface area is 113 Å². The third-order valence-electron chi connectivity index (χ3n) is 3.53. The largest absolute Gasteiger partial charge is 0.314 e. The second-order valence-corrected chi connectivity index (χ2v) is 5.75. The van der Waals surface area contributed by atoms with Gasteiger partial charge in [0.2, 0.25) is 0 Å². The number of hydrogen-bond acceptors (Lipinski definition) is 2. The van der Waals surface area contributed by atoms with Gasteiger partial charge in [0.25, 0.3) is 0 Å². The highest BCUT2D eigenvalue weighted by atomic mass is 79.9. The predicted molar refractivity (Wildman–Crippen MR) is 76.5 cm³/mol. The van der Waals surface area contributed by atoms with E-state index >= 15 is 0 Å². The van der Waals surface area contributed by atoms with Crippen molar-refractivity contribution in [2.45, 2.75) is 19.3 Å². The van der Waals surface area contributed by atoms with Gasteiger partial charge in [-0.2, -0.15) is 0 Å². The van der Waals surface area contributed by atoms with Gasteiger partial charge in [0.1, 0.15) is 0 Å². The molecule has 1 aromatic carbocycles. The van der Waals surface area contributed by atoms with Crippen molar-refractivity contribution >= 4 is 15.9 Å². The normalized spacial score (nSPS) is 19.2. The lowest BCUT2D eigenvalue weighted by molar-refractivity contribution is 0.234. The zero-order valence-electron chi connectivity index (χ0n) is 10.5. The average molecular weight is 297 g/mol. The topological polar surface area (TPSA) is 15.3 Å². The molecule has 1 saturated heterocycles. The third-order valence-corrected chi connectivity index (χ3v) is 4.06. The minimum atomic E-state index is 0.651. The van der Waals surface area contributed by atoms with Gasteiger partial charge >= 0.3 is 0 Å². The zero-order valence-corrected chi connectivity index (χ0v) is 12.0. The van der Waals surface area contributed by atoms with Crippen LogP contribution in [0.25, 0.3) is 0 Å². The molecule has 0 aromatic heterocycles. The summed E-state index contributed by atoms with van der Waals surface area (Å²) in [5, 5.41) is 3.39. The van der Waals surface area contributed by atoms with Crippen molar-refractivity contribution in [3.05, 3.63) is 34.3 Å². The molecule has 0 saturated carbocycles. The second kappa shape index (κ2) is 6.53. The SMILES string of the molecule is CC(CCN1CCNCC1)c1ccc(Br)cc1. The van der Waals surface area contributed by atoms with Crippen molar-refractivity contribution in [1.82, 2.24) is 10.2 Å². The standard InChI is InChI=1S/C14H21BrN2/c1-12(13-2-4-14(15)5-3-13)6-9-17-10-7-16-8-11-17/h2-5,12,16H,6-11H2,1H3. The third kappa shape index (κ3) is 4.09. The van der Waals surface area contributed by atoms with Crippen LogP contribution in [0.4, 0.5) is 0 Å². The van der Waals surface area contributed by atoms with E-state index in [9.17, 15) is 0 Å². The molecule has 1 unspecified atom stereocenters. The Morgan fingerprint density at radius 2 is 1.88 bits per heavy atom. The van der Waals surface area contributed by atoms with Gasteiger partial charge in [-0.3, -0.25) is 0 Å². The summed E-state index contributed by atoms with van der Waals surface area (Å²) in [7, 11) is 0. The summed E-state index contributed by atoms with van der Waals surface area (Å²) >= 11 is 3.48. The Bertz CT molecular complexity index is 331. The minimum Gasteiger partial charge on any atom is -0.314 e. The van der Waals surface area contributed by atoms with E-state index in [1.54, 1.807) is 0 Å². The van der Waals surface area contributed by atoms with Crippen molar-refractivity contribution in [3.8, 4) is 0 Å². The first-order chi connectivity index (χ1) is 8.25. The van der Waals surface area contributed by atoms with Gasteiger partial charge in [0.15, 0.2) is 0 Å². The molecule has 17 heavy (non-hydrogen) atoms. The zero-order chi connectivity index (χ0) is 12.1. The minimum absolute atomic E-state index is 0.651. The number of nitrogens with one attached hydrogen (secondary N) is 1. The molecule has 1 aromatic rings. The highest BCUT2D eigenvalue weighted by Crippen LogP contribution is 2.21. The van der Waals surface area contributed by atoms with Gasteiger partial charge in [-0.1, -0.05) is 35.0 Å². The molecular formula is C14H21BrN2. The van der Waals surface area contributed by atoms with Crippen molar-refractivity contribution in [3.63, 3.8) is 0 Å². The second-order valence-electron chi connectivity index (χ2n) is 4.83. The summed E-state index contributed by atoms with van der Waals surface area (Å²) in [5.74, 6) is 0.651. The molecule has 2 rings (SSSR count). The van der Waals surface area contributed by atoms with Crippen LogP contribution in [0, 0.1) is 0 Å². The first kappa shape index (κ1) is 13.1. The van der Waals surface area contributed by atoms with Crippen LogP contribution in [0.2, 0.25) is 0 Å². The quantitative estimate of drug-likeness (QED) is 0.919. The Balaban J connectivity index is 1.80. The Hall–Kier alpha value is -0.380. The number of piperazine rings is 1. The van der Waals surface area contributed by atoms with E-state index in [-0.39, 0.29) is 0 Å². The first-order valence-electron chi connectivity index (χ1n) is 6.44. The summed E-state index contributed by atoms with van der Waals surface area (Å²) in [5.41, 5.74) is 1.45. The van der Waals surface area contributed by atoms with E-state index in [0.29, 0.717) is 5.92 Å². The molecule has 0 amide bonds. The molecule has 0 spiro atoms. The summed E-state index contributed by atoms with van der Waals surface area (Å²) in [4.78, 5) is 2.56. The van der Waals surface area contributed by atoms with Crippen LogP contribution in [0.3, 0.4) is 0 Å². The first-order valence-corrected chi connectivity index (χ1v) is 7.23. The average Bonchev–Trinajstić information content (AvgIpc) is 2.38. The van der Waals surface area contributed by atoms with Gasteiger partial charge in [-0.05, 0) is 36.6 Å². The van der Waals surface area contributed by atoms with Crippen LogP contribution in [-0.2, 0) is 0 Å². The maximum absolute atomic E-state index is 3.48. The number of hydrogen-bond donors (Lipinski definition) is 1. The molecule has 0 radical (unpaired) electrons. The van der Waals surface area contributed by atoms with Crippen LogP contribution in [0.5, 0.6) is 0 Å². The van der Waals surface area contributed by atoms with E-state index in [1.807, 2.05) is 0 Å². The van der Waals surface area contributed by atoms with Crippen LogP contribution in [0.1, 0.15) is 24.8 Å². The number of halogens is 1. The molecule has 1 fully saturated rings. The van der Waals surface area contributed by atoms with Crippen LogP contribution < -0.4 is 5.32 Å². The van der Waals surface area contributed by atoms with E-state index in [2.05, 4.69) is 57.3 Å². The summed E-state index contributed by atoms with van der Waals surface area (Å²) in [6.45, 7) is 8.24. The molecule has 94 valence electrons. The fourth-order valence-corrected chi connectivity index (χ4v) is 2.53. The maximum Gasteiger partial charge on any atom is 0.0175 e. The van der Waals surface area contributed by atoms with E-state index < -0.39 is 0 Å². The van der Waals surface area contributed by atoms with Gasteiger partial charge in [0.05, 0.1) is 0 Å². The maximum atomic E-state index is 3.48. The van der Waals surface area contributed by atoms with Crippen LogP contribution in [-0.4, -0.2) is 37.6 Å². The molecule has 2 nitrogen and oxygen atoms in total. The van der Waals surface area contributed by atoms with E-state index in [4.69, 9.17) is 0 Å². The molecule has 0 aliphatic carbocycles. The van der Waals surface area contributed by atoms with Crippen molar-refractivity contribution in [2.24, 2.45) is 0 Å². The molecule has 1 aliphatic heterocycles. The van der Waals surface area contributed by atoms with E-state index in [1.165, 1.54) is 31.6 Å². The van der Waals surface area contributed by atoms with Crippen LogP contribution >= 0.6 is 15.9 Å². The molecule has 1 atom stereocenters. The molecular weight excluding hydrogens is 276 g/mol. The molecule has 0 bridgehead atoms. The van der Waals surface area contributed by atoms with E-state index in [0.717, 1.165) is 17.6 Å². The van der Waals surface area contributed by atoms with Crippen molar-refractivity contribution < 1.29 is 0 Å². The smallest absolute Gasteiger partial charge is 0.0175 e. The van der Waals surface area contributed by atoms with Gasteiger partial charge in [-0.15, -0.1) is 0 Å². The summed E-state index contributed by atoms with van der Waals surface area (Å²) < 4.78 is 1.16. The van der Waals surface area contributed by atoms with Gasteiger partial charge < -0.3 is 10.2 Å². The monoisotopic (exact) mass is 296 g/mol. The Kier molecular flexibility index (Phi) is 5.01. The van der Waals surface area contributed by atoms with Crippen molar-refractivity contribution in [2.75, 3.05) is 32.7 Å². The summed E-state index contributed by atoms with van der Waals surface area (Å²) in [6, 6.07) is 8.73. The molecule has 1 N–H and O–H groups in total. The number of rotatable bonds is 4. The lowest BCUT2D eigenvalue weighted by Crippen LogP contribution is -2.43. The molecule has 1 heterocycles. The number of nitrogens with zero attached hydrogens (tertiary/aromatic N) is 1. The summed E-state index contributed by atoms with van der Waals surface area (Å²) in [6.07, 6.45) is 1.25. The Morgan fingerprint density at radius 3 is 2.53 bits per heavy atom. The number of benzene rings is 1. The van der Waals surface area contributed by atoms with Crippen molar-refractivity contribution in [1.29, 1.82) is 0 Å². The fourth-order valence-electron chi connectivity index (χ4n) is 2.27. The van der Waals surface area contributed by atoms with Gasteiger partial charge in [0, 0.05) is 30.7 Å². The lowest BCUT2D eigenvalue weighted by atomic mass is 9.97. The Morgan fingerprint density at radius 1 is 1.24 bits per heavy atom. The van der Waals surface area contributed by atoms with Gasteiger partial charge in [-0.25, -0.2) is 0 Å². The predicted octanol–water partition coefficient (Wildman–Crippen LogP) is 2.85. The lowest BCUT2D eigenvalue weighted by Gasteiger charge is -2.28. The molecule has 3 heteroatoms.